The van der Waals surface area contributed by atoms with E-state index in [0.29, 0.717) is 10.7 Å². The zero-order valence-corrected chi connectivity index (χ0v) is 16.0. The molecule has 0 aliphatic rings. The molecule has 10 heteroatoms. The van der Waals surface area contributed by atoms with Crippen LogP contribution in [0.2, 0.25) is 5.02 Å². The summed E-state index contributed by atoms with van der Waals surface area (Å²) in [5.74, 6) is -0.194. The van der Waals surface area contributed by atoms with Crippen LogP contribution in [0.4, 0.5) is 14.5 Å². The molecule has 0 bridgehead atoms. The van der Waals surface area contributed by atoms with Gasteiger partial charge in [0.1, 0.15) is 5.75 Å². The summed E-state index contributed by atoms with van der Waals surface area (Å²) >= 11 is 13.4. The first-order valence-corrected chi connectivity index (χ1v) is 9.69. The fourth-order valence-corrected chi connectivity index (χ4v) is 4.11. The summed E-state index contributed by atoms with van der Waals surface area (Å²) in [7, 11) is 0. The van der Waals surface area contributed by atoms with E-state index >= 15 is 0 Å². The smallest absolute Gasteiger partial charge is 0.420 e. The first-order chi connectivity index (χ1) is 12.3. The molecule has 0 fully saturated rings. The average Bonchev–Trinajstić information content (AvgIpc) is 2.95. The first kappa shape index (κ1) is 19.2. The van der Waals surface area contributed by atoms with Crippen LogP contribution >= 0.6 is 46.3 Å². The monoisotopic (exact) mass is 434 g/mol. The van der Waals surface area contributed by atoms with Crippen molar-refractivity contribution >= 4 is 68.1 Å². The lowest BCUT2D eigenvalue weighted by Crippen LogP contribution is -2.16. The molecule has 3 rings (SSSR count). The highest BCUT2D eigenvalue weighted by Crippen LogP contribution is 2.31. The van der Waals surface area contributed by atoms with Gasteiger partial charge in [-0.15, -0.1) is 20.1 Å². The van der Waals surface area contributed by atoms with Crippen molar-refractivity contribution in [3.63, 3.8) is 0 Å². The minimum Gasteiger partial charge on any atom is -0.420 e. The number of thioether (sulfide) groups is 1. The van der Waals surface area contributed by atoms with Gasteiger partial charge in [-0.3, -0.25) is 4.79 Å². The van der Waals surface area contributed by atoms with Gasteiger partial charge in [0.2, 0.25) is 5.91 Å². The fraction of sp³-hybridized carbons (Fsp3) is 0.125. The van der Waals surface area contributed by atoms with Crippen LogP contribution in [0.5, 0.6) is 5.75 Å². The number of amides is 1. The second-order valence-electron chi connectivity index (χ2n) is 5.00. The molecule has 0 saturated heterocycles. The highest BCUT2D eigenvalue weighted by molar-refractivity contribution is 8.01. The van der Waals surface area contributed by atoms with E-state index in [1.54, 1.807) is 12.1 Å². The Bertz CT molecular complexity index is 930. The van der Waals surface area contributed by atoms with Gasteiger partial charge in [-0.2, -0.15) is 0 Å². The topological polar surface area (TPSA) is 51.2 Å². The number of fused-ring (bicyclic) bond motifs is 1. The van der Waals surface area contributed by atoms with Crippen molar-refractivity contribution < 1.29 is 18.3 Å². The number of benzene rings is 2. The number of alkyl halides is 3. The number of hydrogen-bond acceptors (Lipinski definition) is 5. The summed E-state index contributed by atoms with van der Waals surface area (Å²) in [5, 5.41) is 3.27. The lowest BCUT2D eigenvalue weighted by molar-refractivity contribution is -0.113. The van der Waals surface area contributed by atoms with Crippen molar-refractivity contribution in [2.75, 3.05) is 11.1 Å². The van der Waals surface area contributed by atoms with Gasteiger partial charge >= 0.3 is 5.57 Å². The number of carbonyl (C=O) groups is 1. The van der Waals surface area contributed by atoms with Crippen LogP contribution in [0, 0.1) is 0 Å². The van der Waals surface area contributed by atoms with Crippen LogP contribution in [0.1, 0.15) is 0 Å². The number of hydrogen-bond donors (Lipinski definition) is 1. The molecule has 136 valence electrons. The van der Waals surface area contributed by atoms with Crippen molar-refractivity contribution in [2.24, 2.45) is 0 Å². The number of ether oxygens (including phenoxy) is 1. The molecule has 0 aliphatic heterocycles. The van der Waals surface area contributed by atoms with Crippen LogP contribution < -0.4 is 10.1 Å². The minimum absolute atomic E-state index is 0.106. The van der Waals surface area contributed by atoms with Gasteiger partial charge in [-0.25, -0.2) is 4.98 Å². The van der Waals surface area contributed by atoms with E-state index in [2.05, 4.69) is 26.6 Å². The van der Waals surface area contributed by atoms with Crippen LogP contribution in [-0.4, -0.2) is 22.2 Å². The van der Waals surface area contributed by atoms with Crippen LogP contribution in [-0.2, 0) is 4.79 Å². The number of carbonyl (C=O) groups excluding carboxylic acids is 1. The summed E-state index contributed by atoms with van der Waals surface area (Å²) in [6.45, 7) is 0. The molecular formula is C16H10Cl2F2N2O2S2. The Labute approximate surface area is 165 Å². The summed E-state index contributed by atoms with van der Waals surface area (Å²) in [5.41, 5.74) is -2.53. The van der Waals surface area contributed by atoms with Crippen molar-refractivity contribution in [3.8, 4) is 5.75 Å². The van der Waals surface area contributed by atoms with E-state index in [1.165, 1.54) is 47.4 Å². The Balaban J connectivity index is 1.54. The third-order valence-corrected chi connectivity index (χ3v) is 5.52. The molecule has 1 N–H and O–H groups in total. The summed E-state index contributed by atoms with van der Waals surface area (Å²) in [6.07, 6.45) is 0. The van der Waals surface area contributed by atoms with Crippen molar-refractivity contribution in [2.45, 2.75) is 9.91 Å². The standard InChI is InChI=1S/C16H10Cl2F2N2O2S2/c17-9-1-6-13-12(7-9)22-15(26-13)25-8-14(23)21-10-2-4-11(5-3-10)24-16(18,19)20/h1-7H,8H2,(H,21,23). The van der Waals surface area contributed by atoms with E-state index in [-0.39, 0.29) is 17.4 Å². The largest absolute Gasteiger partial charge is 0.487 e. The molecule has 26 heavy (non-hydrogen) atoms. The van der Waals surface area contributed by atoms with E-state index in [1.807, 2.05) is 6.07 Å². The third kappa shape index (κ3) is 5.44. The highest BCUT2D eigenvalue weighted by Gasteiger charge is 2.27. The SMILES string of the molecule is O=C(CSc1nc2cc(Cl)ccc2s1)Nc1ccc(OC(F)(F)Cl)cc1. The maximum atomic E-state index is 12.5. The van der Waals surface area contributed by atoms with Gasteiger partial charge < -0.3 is 10.1 Å². The molecule has 0 spiro atoms. The van der Waals surface area contributed by atoms with Crippen LogP contribution in [0.25, 0.3) is 10.2 Å². The molecule has 1 aromatic heterocycles. The molecule has 4 nitrogen and oxygen atoms in total. The van der Waals surface area contributed by atoms with E-state index < -0.39 is 5.57 Å². The lowest BCUT2D eigenvalue weighted by atomic mass is 10.3. The molecule has 0 saturated carbocycles. The van der Waals surface area contributed by atoms with Crippen LogP contribution in [0.3, 0.4) is 0 Å². The molecule has 3 aromatic rings. The average molecular weight is 435 g/mol. The predicted octanol–water partition coefficient (Wildman–Crippen LogP) is 5.85. The van der Waals surface area contributed by atoms with Gasteiger partial charge in [0, 0.05) is 22.3 Å². The van der Waals surface area contributed by atoms with E-state index in [4.69, 9.17) is 11.6 Å². The lowest BCUT2D eigenvalue weighted by Gasteiger charge is -2.11. The van der Waals surface area contributed by atoms with Crippen molar-refractivity contribution in [3.05, 3.63) is 47.5 Å². The quantitative estimate of drug-likeness (QED) is 0.390. The van der Waals surface area contributed by atoms with Gasteiger partial charge in [0.15, 0.2) is 4.34 Å². The summed E-state index contributed by atoms with van der Waals surface area (Å²) in [6, 6.07) is 10.9. The zero-order valence-electron chi connectivity index (χ0n) is 12.8. The number of halogens is 4. The Hall–Kier alpha value is -1.61. The Kier molecular flexibility index (Phi) is 5.86. The van der Waals surface area contributed by atoms with Gasteiger partial charge in [-0.1, -0.05) is 23.4 Å². The zero-order chi connectivity index (χ0) is 18.7. The van der Waals surface area contributed by atoms with Crippen LogP contribution in [0.15, 0.2) is 46.8 Å². The van der Waals surface area contributed by atoms with Gasteiger partial charge in [-0.05, 0) is 42.5 Å². The Morgan fingerprint density at radius 2 is 2.00 bits per heavy atom. The molecule has 0 aliphatic carbocycles. The normalized spacial score (nSPS) is 11.5. The molecular weight excluding hydrogens is 425 g/mol. The van der Waals surface area contributed by atoms with Gasteiger partial charge in [0.25, 0.3) is 0 Å². The predicted molar refractivity (Wildman–Crippen MR) is 102 cm³/mol. The number of aromatic nitrogens is 1. The molecule has 1 heterocycles. The number of anilines is 1. The molecule has 0 radical (unpaired) electrons. The molecule has 0 atom stereocenters. The minimum atomic E-state index is -3.77. The maximum absolute atomic E-state index is 12.5. The summed E-state index contributed by atoms with van der Waals surface area (Å²) in [4.78, 5) is 16.4. The second-order valence-corrected chi connectivity index (χ2v) is 8.13. The maximum Gasteiger partial charge on any atom is 0.487 e. The number of nitrogens with one attached hydrogen (secondary N) is 1. The van der Waals surface area contributed by atoms with E-state index in [9.17, 15) is 13.6 Å². The number of rotatable bonds is 6. The molecule has 1 amide bonds. The number of nitrogens with zero attached hydrogens (tertiary/aromatic N) is 1. The highest BCUT2D eigenvalue weighted by atomic mass is 35.5. The Morgan fingerprint density at radius 3 is 2.69 bits per heavy atom. The third-order valence-electron chi connectivity index (χ3n) is 3.03. The summed E-state index contributed by atoms with van der Waals surface area (Å²) < 4.78 is 31.0. The fourth-order valence-electron chi connectivity index (χ4n) is 2.01. The molecule has 0 unspecified atom stereocenters. The first-order valence-electron chi connectivity index (χ1n) is 7.13. The van der Waals surface area contributed by atoms with Crippen molar-refractivity contribution in [1.29, 1.82) is 0 Å². The molecule has 2 aromatic carbocycles. The van der Waals surface area contributed by atoms with E-state index in [0.717, 1.165) is 14.6 Å². The van der Waals surface area contributed by atoms with Crippen molar-refractivity contribution in [1.82, 2.24) is 4.98 Å². The number of thiazole rings is 1. The second kappa shape index (κ2) is 7.96. The van der Waals surface area contributed by atoms with Gasteiger partial charge in [0.05, 0.1) is 16.0 Å². The Morgan fingerprint density at radius 1 is 1.27 bits per heavy atom.